The van der Waals surface area contributed by atoms with Gasteiger partial charge in [-0.15, -0.1) is 11.3 Å². The van der Waals surface area contributed by atoms with E-state index < -0.39 is 11.9 Å². The maximum Gasteiger partial charge on any atom is 0.352 e. The van der Waals surface area contributed by atoms with Crippen LogP contribution in [0.5, 0.6) is 11.5 Å². The number of rotatable bonds is 9. The topological polar surface area (TPSA) is 80.3 Å². The third-order valence-electron chi connectivity index (χ3n) is 3.39. The number of esters is 2. The van der Waals surface area contributed by atoms with Crippen molar-refractivity contribution in [2.45, 2.75) is 39.7 Å². The van der Waals surface area contributed by atoms with E-state index in [2.05, 4.69) is 6.92 Å². The predicted molar refractivity (Wildman–Crippen MR) is 91.9 cm³/mol. The second-order valence-corrected chi connectivity index (χ2v) is 6.36. The number of unbranched alkanes of at least 4 members (excludes halogenated alkanes) is 1. The van der Waals surface area contributed by atoms with Gasteiger partial charge < -0.3 is 23.7 Å². The number of fused-ring (bicyclic) bond motifs is 1. The zero-order valence-corrected chi connectivity index (χ0v) is 15.6. The number of thiophene rings is 1. The van der Waals surface area contributed by atoms with Crippen LogP contribution in [0.15, 0.2) is 0 Å². The van der Waals surface area contributed by atoms with Gasteiger partial charge in [0.2, 0.25) is 0 Å². The van der Waals surface area contributed by atoms with E-state index in [4.69, 9.17) is 23.7 Å². The Morgan fingerprint density at radius 1 is 1.08 bits per heavy atom. The summed E-state index contributed by atoms with van der Waals surface area (Å²) in [5, 5.41) is 0. The predicted octanol–water partition coefficient (Wildman–Crippen LogP) is 3.06. The van der Waals surface area contributed by atoms with Gasteiger partial charge in [-0.2, -0.15) is 0 Å². The molecule has 2 rings (SSSR count). The number of carbonyl (C=O) groups is 2. The molecule has 0 spiro atoms. The van der Waals surface area contributed by atoms with E-state index in [9.17, 15) is 9.59 Å². The summed E-state index contributed by atoms with van der Waals surface area (Å²) in [6, 6.07) is 0. The lowest BCUT2D eigenvalue weighted by Crippen LogP contribution is -2.34. The molecule has 0 radical (unpaired) electrons. The van der Waals surface area contributed by atoms with E-state index in [1.807, 2.05) is 0 Å². The van der Waals surface area contributed by atoms with Gasteiger partial charge in [-0.1, -0.05) is 13.3 Å². The standard InChI is InChI=1S/C17H24O7S/c1-4-7-8-20-9-11-10-23-12-13(24-11)15(17(19)22-6-3)25-14(12)16(18)21-5-2/h11H,4-10H2,1-3H3. The molecule has 7 nitrogen and oxygen atoms in total. The fourth-order valence-electron chi connectivity index (χ4n) is 2.22. The minimum absolute atomic E-state index is 0.207. The average molecular weight is 372 g/mol. The third-order valence-corrected chi connectivity index (χ3v) is 4.50. The number of hydrogen-bond donors (Lipinski definition) is 0. The van der Waals surface area contributed by atoms with E-state index in [0.717, 1.165) is 24.2 Å². The number of ether oxygens (including phenoxy) is 5. The summed E-state index contributed by atoms with van der Waals surface area (Å²) in [7, 11) is 0. The van der Waals surface area contributed by atoms with Crippen molar-refractivity contribution in [1.29, 1.82) is 0 Å². The molecular weight excluding hydrogens is 348 g/mol. The summed E-state index contributed by atoms with van der Waals surface area (Å²) < 4.78 is 27.2. The molecule has 0 saturated heterocycles. The maximum atomic E-state index is 12.2. The van der Waals surface area contributed by atoms with Gasteiger partial charge in [-0.3, -0.25) is 0 Å². The molecule has 0 amide bonds. The van der Waals surface area contributed by atoms with Crippen LogP contribution in [0.25, 0.3) is 0 Å². The molecule has 0 aromatic carbocycles. The van der Waals surface area contributed by atoms with Crippen LogP contribution in [0, 0.1) is 0 Å². The first kappa shape index (κ1) is 19.5. The first-order valence-electron chi connectivity index (χ1n) is 8.50. The second kappa shape index (κ2) is 9.62. The van der Waals surface area contributed by atoms with Gasteiger partial charge in [0.15, 0.2) is 27.4 Å². The molecule has 0 aliphatic carbocycles. The molecule has 25 heavy (non-hydrogen) atoms. The fraction of sp³-hybridized carbons (Fsp3) is 0.647. The molecule has 1 aliphatic rings. The van der Waals surface area contributed by atoms with Gasteiger partial charge in [-0.25, -0.2) is 9.59 Å². The van der Waals surface area contributed by atoms with Gasteiger partial charge in [0.1, 0.15) is 6.61 Å². The van der Waals surface area contributed by atoms with Gasteiger partial charge >= 0.3 is 11.9 Å². The summed E-state index contributed by atoms with van der Waals surface area (Å²) in [6.07, 6.45) is 1.67. The van der Waals surface area contributed by atoms with Crippen LogP contribution in [-0.4, -0.2) is 51.1 Å². The lowest BCUT2D eigenvalue weighted by atomic mass is 10.3. The van der Waals surface area contributed by atoms with E-state index in [-0.39, 0.29) is 47.2 Å². The van der Waals surface area contributed by atoms with Crippen molar-refractivity contribution in [2.24, 2.45) is 0 Å². The van der Waals surface area contributed by atoms with Gasteiger partial charge in [0, 0.05) is 6.61 Å². The van der Waals surface area contributed by atoms with Crippen molar-refractivity contribution in [2.75, 3.05) is 33.0 Å². The Bertz CT molecular complexity index is 596. The Morgan fingerprint density at radius 3 is 2.32 bits per heavy atom. The molecular formula is C17H24O7S. The third kappa shape index (κ3) is 4.85. The highest BCUT2D eigenvalue weighted by atomic mass is 32.1. The monoisotopic (exact) mass is 372 g/mol. The van der Waals surface area contributed by atoms with Crippen LogP contribution in [0.1, 0.15) is 53.0 Å². The zero-order chi connectivity index (χ0) is 18.2. The zero-order valence-electron chi connectivity index (χ0n) is 14.8. The Labute approximate surface area is 151 Å². The van der Waals surface area contributed by atoms with Crippen LogP contribution in [0.3, 0.4) is 0 Å². The molecule has 0 fully saturated rings. The lowest BCUT2D eigenvalue weighted by molar-refractivity contribution is 0.00661. The molecule has 1 unspecified atom stereocenters. The van der Waals surface area contributed by atoms with E-state index in [0.29, 0.717) is 13.2 Å². The Balaban J connectivity index is 2.19. The normalized spacial score (nSPS) is 15.7. The highest BCUT2D eigenvalue weighted by molar-refractivity contribution is 7.16. The van der Waals surface area contributed by atoms with Crippen molar-refractivity contribution in [1.82, 2.24) is 0 Å². The Kier molecular flexibility index (Phi) is 7.52. The summed E-state index contributed by atoms with van der Waals surface area (Å²) in [5.41, 5.74) is 0. The minimum Gasteiger partial charge on any atom is -0.484 e. The molecule has 1 aromatic rings. The highest BCUT2D eigenvalue weighted by Gasteiger charge is 2.35. The van der Waals surface area contributed by atoms with Crippen molar-refractivity contribution in [3.8, 4) is 11.5 Å². The molecule has 2 heterocycles. The van der Waals surface area contributed by atoms with E-state index in [1.165, 1.54) is 0 Å². The minimum atomic E-state index is -0.546. The van der Waals surface area contributed by atoms with Gasteiger partial charge in [0.25, 0.3) is 0 Å². The van der Waals surface area contributed by atoms with Crippen LogP contribution in [-0.2, 0) is 14.2 Å². The molecule has 1 aromatic heterocycles. The Hall–Kier alpha value is -1.80. The molecule has 140 valence electrons. The lowest BCUT2D eigenvalue weighted by Gasteiger charge is -2.25. The molecule has 8 heteroatoms. The van der Waals surface area contributed by atoms with Crippen molar-refractivity contribution < 1.29 is 33.3 Å². The Morgan fingerprint density at radius 2 is 1.72 bits per heavy atom. The fourth-order valence-corrected chi connectivity index (χ4v) is 3.19. The quantitative estimate of drug-likeness (QED) is 0.487. The van der Waals surface area contributed by atoms with Gasteiger partial charge in [0.05, 0.1) is 19.8 Å². The molecule has 0 bridgehead atoms. The molecule has 0 N–H and O–H groups in total. The average Bonchev–Trinajstić information content (AvgIpc) is 2.98. The van der Waals surface area contributed by atoms with E-state index in [1.54, 1.807) is 13.8 Å². The first-order chi connectivity index (χ1) is 12.1. The maximum absolute atomic E-state index is 12.2. The van der Waals surface area contributed by atoms with Crippen LogP contribution in [0.4, 0.5) is 0 Å². The highest BCUT2D eigenvalue weighted by Crippen LogP contribution is 2.45. The van der Waals surface area contributed by atoms with Gasteiger partial charge in [-0.05, 0) is 20.3 Å². The van der Waals surface area contributed by atoms with Crippen LogP contribution >= 0.6 is 11.3 Å². The van der Waals surface area contributed by atoms with Crippen LogP contribution in [0.2, 0.25) is 0 Å². The molecule has 1 aliphatic heterocycles. The van der Waals surface area contributed by atoms with Crippen LogP contribution < -0.4 is 9.47 Å². The second-order valence-electron chi connectivity index (χ2n) is 5.34. The largest absolute Gasteiger partial charge is 0.484 e. The summed E-state index contributed by atoms with van der Waals surface area (Å²) in [6.45, 7) is 7.21. The summed E-state index contributed by atoms with van der Waals surface area (Å²) in [4.78, 5) is 24.7. The number of hydrogen-bond acceptors (Lipinski definition) is 8. The SMILES string of the molecule is CCCCOCC1COc2c(C(=O)OCC)sc(C(=O)OCC)c2O1. The molecule has 1 atom stereocenters. The first-order valence-corrected chi connectivity index (χ1v) is 9.32. The van der Waals surface area contributed by atoms with E-state index >= 15 is 0 Å². The molecule has 0 saturated carbocycles. The van der Waals surface area contributed by atoms with Crippen molar-refractivity contribution in [3.05, 3.63) is 9.75 Å². The summed E-state index contributed by atoms with van der Waals surface area (Å²) in [5.74, 6) is -0.603. The number of carbonyl (C=O) groups excluding carboxylic acids is 2. The van der Waals surface area contributed by atoms with Crippen molar-refractivity contribution in [3.63, 3.8) is 0 Å². The van der Waals surface area contributed by atoms with Crippen molar-refractivity contribution >= 4 is 23.3 Å². The summed E-state index contributed by atoms with van der Waals surface area (Å²) >= 11 is 0.966. The smallest absolute Gasteiger partial charge is 0.352 e.